The van der Waals surface area contributed by atoms with Gasteiger partial charge in [0.05, 0.1) is 12.6 Å². The van der Waals surface area contributed by atoms with Crippen molar-refractivity contribution >= 4 is 0 Å². The molecule has 0 N–H and O–H groups in total. The molecule has 1 aromatic heterocycles. The topological polar surface area (TPSA) is 46.8 Å². The Morgan fingerprint density at radius 3 is 2.53 bits per heavy atom. The maximum Gasteiger partial charge on any atom is 0.165 e. The van der Waals surface area contributed by atoms with Gasteiger partial charge in [0.15, 0.2) is 5.82 Å². The van der Waals surface area contributed by atoms with Crippen LogP contribution in [0.15, 0.2) is 0 Å². The summed E-state index contributed by atoms with van der Waals surface area (Å²) in [7, 11) is 0. The standard InChI is InChI=1S/C12H21N5/c1-2-6-11(7-3-1)17-12(13-14-15-17)10-16-8-4-5-9-16/h11H,1-10H2. The molecule has 1 aliphatic heterocycles. The average molecular weight is 235 g/mol. The Morgan fingerprint density at radius 2 is 1.76 bits per heavy atom. The van der Waals surface area contributed by atoms with Crippen molar-refractivity contribution < 1.29 is 0 Å². The molecule has 0 unspecified atom stereocenters. The van der Waals surface area contributed by atoms with E-state index in [2.05, 4.69) is 25.1 Å². The van der Waals surface area contributed by atoms with Crippen molar-refractivity contribution in [3.8, 4) is 0 Å². The second-order valence-electron chi connectivity index (χ2n) is 5.31. The summed E-state index contributed by atoms with van der Waals surface area (Å²) in [5.41, 5.74) is 0. The number of rotatable bonds is 3. The van der Waals surface area contributed by atoms with Crippen LogP contribution in [-0.4, -0.2) is 38.2 Å². The Morgan fingerprint density at radius 1 is 1.00 bits per heavy atom. The molecule has 2 aliphatic rings. The van der Waals surface area contributed by atoms with Crippen molar-refractivity contribution in [1.29, 1.82) is 0 Å². The first kappa shape index (κ1) is 11.1. The lowest BCUT2D eigenvalue weighted by atomic mass is 9.95. The zero-order valence-corrected chi connectivity index (χ0v) is 10.4. The molecule has 1 aliphatic carbocycles. The molecule has 2 fully saturated rings. The summed E-state index contributed by atoms with van der Waals surface area (Å²) < 4.78 is 2.09. The van der Waals surface area contributed by atoms with Crippen LogP contribution < -0.4 is 0 Å². The van der Waals surface area contributed by atoms with Crippen molar-refractivity contribution in [2.24, 2.45) is 0 Å². The second kappa shape index (κ2) is 5.12. The lowest BCUT2D eigenvalue weighted by Gasteiger charge is -2.23. The van der Waals surface area contributed by atoms with E-state index < -0.39 is 0 Å². The molecule has 5 nitrogen and oxygen atoms in total. The fourth-order valence-electron chi connectivity index (χ4n) is 3.07. The van der Waals surface area contributed by atoms with Crippen molar-refractivity contribution in [2.45, 2.75) is 57.5 Å². The Hall–Kier alpha value is -0.970. The van der Waals surface area contributed by atoms with E-state index in [-0.39, 0.29) is 0 Å². The third-order valence-electron chi connectivity index (χ3n) is 4.05. The van der Waals surface area contributed by atoms with Gasteiger partial charge in [-0.15, -0.1) is 5.10 Å². The molecular weight excluding hydrogens is 214 g/mol. The minimum absolute atomic E-state index is 0.552. The lowest BCUT2D eigenvalue weighted by Crippen LogP contribution is -2.24. The molecular formula is C12H21N5. The Kier molecular flexibility index (Phi) is 3.36. The van der Waals surface area contributed by atoms with E-state index >= 15 is 0 Å². The average Bonchev–Trinajstić information content (AvgIpc) is 3.02. The maximum absolute atomic E-state index is 4.22. The molecule has 1 saturated heterocycles. The fourth-order valence-corrected chi connectivity index (χ4v) is 3.07. The maximum atomic E-state index is 4.22. The largest absolute Gasteiger partial charge is 0.296 e. The van der Waals surface area contributed by atoms with E-state index in [0.29, 0.717) is 6.04 Å². The monoisotopic (exact) mass is 235 g/mol. The van der Waals surface area contributed by atoms with Gasteiger partial charge < -0.3 is 0 Å². The van der Waals surface area contributed by atoms with Gasteiger partial charge in [-0.25, -0.2) is 4.68 Å². The summed E-state index contributed by atoms with van der Waals surface area (Å²) in [5, 5.41) is 12.3. The van der Waals surface area contributed by atoms with Crippen LogP contribution in [0.1, 0.15) is 56.8 Å². The summed E-state index contributed by atoms with van der Waals surface area (Å²) in [4.78, 5) is 2.46. The van der Waals surface area contributed by atoms with Crippen molar-refractivity contribution in [3.63, 3.8) is 0 Å². The summed E-state index contributed by atoms with van der Waals surface area (Å²) in [6, 6.07) is 0.552. The molecule has 1 saturated carbocycles. The predicted molar refractivity (Wildman–Crippen MR) is 64.5 cm³/mol. The summed E-state index contributed by atoms with van der Waals surface area (Å²) in [6.45, 7) is 3.35. The minimum Gasteiger partial charge on any atom is -0.296 e. The first-order valence-corrected chi connectivity index (χ1v) is 6.92. The molecule has 0 bridgehead atoms. The van der Waals surface area contributed by atoms with Crippen LogP contribution in [-0.2, 0) is 6.54 Å². The number of tetrazole rings is 1. The van der Waals surface area contributed by atoms with Crippen LogP contribution in [0.5, 0.6) is 0 Å². The molecule has 0 aromatic carbocycles. The highest BCUT2D eigenvalue weighted by Gasteiger charge is 2.22. The molecule has 5 heteroatoms. The van der Waals surface area contributed by atoms with Crippen molar-refractivity contribution in [3.05, 3.63) is 5.82 Å². The minimum atomic E-state index is 0.552. The number of hydrogen-bond donors (Lipinski definition) is 0. The molecule has 1 aromatic rings. The van der Waals surface area contributed by atoms with Crippen LogP contribution in [0.2, 0.25) is 0 Å². The molecule has 0 radical (unpaired) electrons. The van der Waals surface area contributed by atoms with E-state index in [1.165, 1.54) is 58.0 Å². The van der Waals surface area contributed by atoms with Gasteiger partial charge in [-0.2, -0.15) is 0 Å². The summed E-state index contributed by atoms with van der Waals surface area (Å²) in [5.74, 6) is 1.07. The van der Waals surface area contributed by atoms with Crippen LogP contribution in [0, 0.1) is 0 Å². The second-order valence-corrected chi connectivity index (χ2v) is 5.31. The van der Waals surface area contributed by atoms with Crippen LogP contribution >= 0.6 is 0 Å². The van der Waals surface area contributed by atoms with Gasteiger partial charge in [0.1, 0.15) is 0 Å². The first-order valence-electron chi connectivity index (χ1n) is 6.92. The summed E-state index contributed by atoms with van der Waals surface area (Å²) in [6.07, 6.45) is 9.17. The lowest BCUT2D eigenvalue weighted by molar-refractivity contribution is 0.279. The molecule has 94 valence electrons. The van der Waals surface area contributed by atoms with Crippen molar-refractivity contribution in [2.75, 3.05) is 13.1 Å². The zero-order valence-electron chi connectivity index (χ0n) is 10.4. The van der Waals surface area contributed by atoms with E-state index in [9.17, 15) is 0 Å². The van der Waals surface area contributed by atoms with Gasteiger partial charge in [-0.05, 0) is 49.2 Å². The van der Waals surface area contributed by atoms with Gasteiger partial charge in [0.25, 0.3) is 0 Å². The molecule has 0 spiro atoms. The molecule has 17 heavy (non-hydrogen) atoms. The van der Waals surface area contributed by atoms with Gasteiger partial charge in [-0.3, -0.25) is 4.90 Å². The van der Waals surface area contributed by atoms with Crippen LogP contribution in [0.4, 0.5) is 0 Å². The highest BCUT2D eigenvalue weighted by atomic mass is 15.6. The van der Waals surface area contributed by atoms with Gasteiger partial charge in [0.2, 0.25) is 0 Å². The Balaban J connectivity index is 1.69. The van der Waals surface area contributed by atoms with Crippen molar-refractivity contribution in [1.82, 2.24) is 25.1 Å². The highest BCUT2D eigenvalue weighted by molar-refractivity contribution is 4.87. The Bertz CT molecular complexity index is 350. The number of aromatic nitrogens is 4. The molecule has 0 atom stereocenters. The summed E-state index contributed by atoms with van der Waals surface area (Å²) >= 11 is 0. The normalized spacial score (nSPS) is 23.3. The predicted octanol–water partition coefficient (Wildman–Crippen LogP) is 1.77. The fraction of sp³-hybridized carbons (Fsp3) is 0.917. The van der Waals surface area contributed by atoms with E-state index in [1.807, 2.05) is 0 Å². The third-order valence-corrected chi connectivity index (χ3v) is 4.05. The van der Waals surface area contributed by atoms with E-state index in [4.69, 9.17) is 0 Å². The molecule has 3 rings (SSSR count). The quantitative estimate of drug-likeness (QED) is 0.801. The van der Waals surface area contributed by atoms with Crippen LogP contribution in [0.3, 0.4) is 0 Å². The van der Waals surface area contributed by atoms with E-state index in [1.54, 1.807) is 0 Å². The number of nitrogens with zero attached hydrogens (tertiary/aromatic N) is 5. The Labute approximate surface area is 102 Å². The van der Waals surface area contributed by atoms with Crippen LogP contribution in [0.25, 0.3) is 0 Å². The van der Waals surface area contributed by atoms with Gasteiger partial charge in [0, 0.05) is 0 Å². The smallest absolute Gasteiger partial charge is 0.165 e. The number of hydrogen-bond acceptors (Lipinski definition) is 4. The molecule has 2 heterocycles. The first-order chi connectivity index (χ1) is 8.43. The zero-order chi connectivity index (χ0) is 11.5. The highest BCUT2D eigenvalue weighted by Crippen LogP contribution is 2.28. The third kappa shape index (κ3) is 2.49. The number of likely N-dealkylation sites (tertiary alicyclic amines) is 1. The molecule has 0 amide bonds. The van der Waals surface area contributed by atoms with E-state index in [0.717, 1.165) is 12.4 Å². The van der Waals surface area contributed by atoms with Gasteiger partial charge in [-0.1, -0.05) is 19.3 Å². The van der Waals surface area contributed by atoms with Gasteiger partial charge >= 0.3 is 0 Å². The SMILES string of the molecule is C1CCC(n2nnnc2CN2CCCC2)CC1.